The molecule has 1 aliphatic heterocycles. The van der Waals surface area contributed by atoms with Crippen LogP contribution in [-0.4, -0.2) is 21.3 Å². The lowest BCUT2D eigenvalue weighted by Crippen LogP contribution is -2.25. The van der Waals surface area contributed by atoms with Gasteiger partial charge in [0, 0.05) is 6.07 Å². The number of nitro groups is 1. The molecule has 0 saturated heterocycles. The first-order chi connectivity index (χ1) is 11.2. The van der Waals surface area contributed by atoms with E-state index in [1.54, 1.807) is 0 Å². The molecule has 0 spiro atoms. The molecule has 0 fully saturated rings. The third-order valence-corrected chi connectivity index (χ3v) is 3.62. The normalized spacial score (nSPS) is 12.9. The highest BCUT2D eigenvalue weighted by Crippen LogP contribution is 2.31. The summed E-state index contributed by atoms with van der Waals surface area (Å²) < 4.78 is 14.2. The number of amides is 2. The number of carbonyl (C=O) groups is 2. The molecule has 9 nitrogen and oxygen atoms in total. The maximum Gasteiger partial charge on any atom is 0.296 e. The monoisotopic (exact) mass is 332 g/mol. The van der Waals surface area contributed by atoms with Crippen molar-refractivity contribution in [3.8, 4) is 5.69 Å². The molecular formula is C14H9FN4O5. The van der Waals surface area contributed by atoms with Gasteiger partial charge in [0.05, 0.1) is 22.1 Å². The molecule has 0 radical (unpaired) electrons. The first kappa shape index (κ1) is 15.3. The Hall–Kier alpha value is -3.56. The van der Waals surface area contributed by atoms with Crippen LogP contribution in [0.2, 0.25) is 0 Å². The number of nitrogens with two attached hydrogens (primary N) is 1. The van der Waals surface area contributed by atoms with Crippen molar-refractivity contribution in [3.05, 3.63) is 61.2 Å². The van der Waals surface area contributed by atoms with Gasteiger partial charge in [-0.25, -0.2) is 4.39 Å². The molecule has 3 rings (SSSR count). The summed E-state index contributed by atoms with van der Waals surface area (Å²) in [5, 5.41) is 13.2. The Morgan fingerprint density at radius 1 is 1.21 bits per heavy atom. The molecule has 1 aliphatic rings. The van der Waals surface area contributed by atoms with Gasteiger partial charge in [0.25, 0.3) is 23.1 Å². The van der Waals surface area contributed by atoms with Crippen molar-refractivity contribution in [2.45, 2.75) is 6.92 Å². The number of nitrogen functional groups attached to an aromatic ring is 1. The Balaban J connectivity index is 2.44. The average Bonchev–Trinajstić information content (AvgIpc) is 2.75. The first-order valence-electron chi connectivity index (χ1n) is 6.58. The maximum absolute atomic E-state index is 13.5. The number of nitrogens with one attached hydrogen (secondary N) is 1. The summed E-state index contributed by atoms with van der Waals surface area (Å²) in [4.78, 5) is 46.1. The SMILES string of the molecule is Cc1cc(F)cc([N+](=O)[O-])c1-n1c(N)c2c(cc1=O)C(=O)NC2=O. The van der Waals surface area contributed by atoms with Gasteiger partial charge in [-0.1, -0.05) is 0 Å². The van der Waals surface area contributed by atoms with Crippen molar-refractivity contribution >= 4 is 23.3 Å². The number of hydrogen-bond donors (Lipinski definition) is 2. The smallest absolute Gasteiger partial charge is 0.296 e. The number of halogens is 1. The highest BCUT2D eigenvalue weighted by molar-refractivity contribution is 6.23. The summed E-state index contributed by atoms with van der Waals surface area (Å²) in [7, 11) is 0. The fraction of sp³-hybridized carbons (Fsp3) is 0.0714. The number of aromatic nitrogens is 1. The maximum atomic E-state index is 13.5. The lowest BCUT2D eigenvalue weighted by molar-refractivity contribution is -0.384. The van der Waals surface area contributed by atoms with Crippen molar-refractivity contribution in [1.29, 1.82) is 0 Å². The van der Waals surface area contributed by atoms with Gasteiger partial charge in [-0.05, 0) is 18.6 Å². The van der Waals surface area contributed by atoms with Crippen LogP contribution < -0.4 is 16.6 Å². The van der Waals surface area contributed by atoms with E-state index in [1.165, 1.54) is 6.92 Å². The molecule has 10 heteroatoms. The zero-order valence-corrected chi connectivity index (χ0v) is 12.1. The number of anilines is 1. The average molecular weight is 332 g/mol. The second kappa shape index (κ2) is 4.98. The summed E-state index contributed by atoms with van der Waals surface area (Å²) in [5.74, 6) is -2.89. The van der Waals surface area contributed by atoms with Crippen molar-refractivity contribution < 1.29 is 18.9 Å². The number of nitro benzene ring substituents is 1. The van der Waals surface area contributed by atoms with E-state index in [1.807, 2.05) is 5.32 Å². The molecule has 0 unspecified atom stereocenters. The van der Waals surface area contributed by atoms with Gasteiger partial charge in [-0.2, -0.15) is 0 Å². The Morgan fingerprint density at radius 3 is 2.50 bits per heavy atom. The predicted octanol–water partition coefficient (Wildman–Crippen LogP) is 0.659. The number of nitrogens with zero attached hydrogens (tertiary/aromatic N) is 2. The molecule has 2 aromatic rings. The van der Waals surface area contributed by atoms with Crippen molar-refractivity contribution in [2.24, 2.45) is 0 Å². The first-order valence-corrected chi connectivity index (χ1v) is 6.58. The molecule has 3 N–H and O–H groups in total. The number of hydrogen-bond acceptors (Lipinski definition) is 6. The largest absolute Gasteiger partial charge is 0.384 e. The van der Waals surface area contributed by atoms with E-state index < -0.39 is 39.6 Å². The number of fused-ring (bicyclic) bond motifs is 1. The molecule has 1 aromatic heterocycles. The van der Waals surface area contributed by atoms with Gasteiger partial charge in [-0.15, -0.1) is 0 Å². The Kier molecular flexibility index (Phi) is 3.18. The molecular weight excluding hydrogens is 323 g/mol. The van der Waals surface area contributed by atoms with Crippen LogP contribution in [0.3, 0.4) is 0 Å². The molecule has 0 saturated carbocycles. The number of pyridine rings is 1. The lowest BCUT2D eigenvalue weighted by Gasteiger charge is -2.14. The van der Waals surface area contributed by atoms with E-state index in [2.05, 4.69) is 0 Å². The highest BCUT2D eigenvalue weighted by Gasteiger charge is 2.33. The number of aryl methyl sites for hydroxylation is 1. The standard InChI is InChI=1S/C14H9FN4O5/c1-5-2-6(15)3-8(19(23)24)11(5)18-9(20)4-7-10(12(18)16)14(22)17-13(7)21/h2-4H,16H2,1H3,(H,17,21,22). The van der Waals surface area contributed by atoms with Crippen LogP contribution in [-0.2, 0) is 0 Å². The molecule has 0 atom stereocenters. The molecule has 2 heterocycles. The van der Waals surface area contributed by atoms with Crippen molar-refractivity contribution in [3.63, 3.8) is 0 Å². The van der Waals surface area contributed by atoms with E-state index >= 15 is 0 Å². The van der Waals surface area contributed by atoms with Gasteiger partial charge in [0.2, 0.25) is 0 Å². The van der Waals surface area contributed by atoms with Crippen LogP contribution in [0.1, 0.15) is 26.3 Å². The van der Waals surface area contributed by atoms with Crippen LogP contribution in [0, 0.1) is 22.9 Å². The fourth-order valence-electron chi connectivity index (χ4n) is 2.66. The van der Waals surface area contributed by atoms with Gasteiger partial charge >= 0.3 is 0 Å². The second-order valence-electron chi connectivity index (χ2n) is 5.12. The Morgan fingerprint density at radius 2 is 1.88 bits per heavy atom. The van der Waals surface area contributed by atoms with Crippen LogP contribution in [0.4, 0.5) is 15.9 Å². The zero-order chi connectivity index (χ0) is 17.8. The van der Waals surface area contributed by atoms with Gasteiger partial charge in [0.15, 0.2) is 0 Å². The number of imide groups is 1. The van der Waals surface area contributed by atoms with Gasteiger partial charge in [0.1, 0.15) is 17.3 Å². The lowest BCUT2D eigenvalue weighted by atomic mass is 10.1. The molecule has 24 heavy (non-hydrogen) atoms. The van der Waals surface area contributed by atoms with E-state index in [-0.39, 0.29) is 22.4 Å². The number of rotatable bonds is 2. The minimum absolute atomic E-state index is 0.0696. The topological polar surface area (TPSA) is 137 Å². The summed E-state index contributed by atoms with van der Waals surface area (Å²) >= 11 is 0. The highest BCUT2D eigenvalue weighted by atomic mass is 19.1. The Labute approximate surface area is 132 Å². The minimum atomic E-state index is -0.865. The number of benzene rings is 1. The molecule has 1 aromatic carbocycles. The molecule has 0 aliphatic carbocycles. The van der Waals surface area contributed by atoms with Crippen molar-refractivity contribution in [2.75, 3.05) is 5.73 Å². The van der Waals surface area contributed by atoms with E-state index in [4.69, 9.17) is 5.73 Å². The summed E-state index contributed by atoms with van der Waals surface area (Å²) in [6, 6.07) is 2.50. The van der Waals surface area contributed by atoms with Crippen LogP contribution in [0.15, 0.2) is 23.0 Å². The van der Waals surface area contributed by atoms with Gasteiger partial charge < -0.3 is 5.73 Å². The minimum Gasteiger partial charge on any atom is -0.384 e. The summed E-state index contributed by atoms with van der Waals surface area (Å²) in [6.07, 6.45) is 0. The fourth-order valence-corrected chi connectivity index (χ4v) is 2.66. The summed E-state index contributed by atoms with van der Waals surface area (Å²) in [5.41, 5.74) is 3.63. The van der Waals surface area contributed by atoms with Crippen LogP contribution in [0.5, 0.6) is 0 Å². The number of carbonyl (C=O) groups excluding carboxylic acids is 2. The van der Waals surface area contributed by atoms with E-state index in [0.717, 1.165) is 16.7 Å². The van der Waals surface area contributed by atoms with Gasteiger partial charge in [-0.3, -0.25) is 34.4 Å². The summed E-state index contributed by atoms with van der Waals surface area (Å²) in [6.45, 7) is 1.36. The zero-order valence-electron chi connectivity index (χ0n) is 12.1. The third-order valence-electron chi connectivity index (χ3n) is 3.62. The quantitative estimate of drug-likeness (QED) is 0.471. The molecule has 2 amide bonds. The van der Waals surface area contributed by atoms with E-state index in [9.17, 15) is 28.9 Å². The van der Waals surface area contributed by atoms with E-state index in [0.29, 0.717) is 6.07 Å². The van der Waals surface area contributed by atoms with Crippen LogP contribution in [0.25, 0.3) is 5.69 Å². The third kappa shape index (κ3) is 2.04. The van der Waals surface area contributed by atoms with Crippen LogP contribution >= 0.6 is 0 Å². The molecule has 122 valence electrons. The second-order valence-corrected chi connectivity index (χ2v) is 5.12. The Bertz CT molecular complexity index is 1010. The molecule has 0 bridgehead atoms. The van der Waals surface area contributed by atoms with Crippen molar-refractivity contribution in [1.82, 2.24) is 9.88 Å². The predicted molar refractivity (Wildman–Crippen MR) is 79.6 cm³/mol.